The van der Waals surface area contributed by atoms with Crippen LogP contribution in [0, 0.1) is 34.5 Å². The lowest BCUT2D eigenvalue weighted by molar-refractivity contribution is -0.168. The number of halogens is 2. The summed E-state index contributed by atoms with van der Waals surface area (Å²) in [5.74, 6) is 1.65. The maximum Gasteiger partial charge on any atom is 0.302 e. The Hall–Kier alpha value is -0.230. The number of esters is 1. The number of carbonyl (C=O) groups is 3. The highest BCUT2D eigenvalue weighted by Gasteiger charge is 2.68. The monoisotopic (exact) mass is 530 g/mol. The maximum atomic E-state index is 13.7. The zero-order valence-corrected chi connectivity index (χ0v) is 20.8. The Bertz CT molecular complexity index is 738. The third kappa shape index (κ3) is 3.13. The predicted molar refractivity (Wildman–Crippen MR) is 118 cm³/mol. The van der Waals surface area contributed by atoms with Gasteiger partial charge in [-0.2, -0.15) is 0 Å². The van der Waals surface area contributed by atoms with E-state index < -0.39 is 4.32 Å². The van der Waals surface area contributed by atoms with E-state index >= 15 is 0 Å². The van der Waals surface area contributed by atoms with Gasteiger partial charge in [0.25, 0.3) is 0 Å². The van der Waals surface area contributed by atoms with Crippen molar-refractivity contribution in [1.29, 1.82) is 0 Å². The first kappa shape index (κ1) is 22.0. The van der Waals surface area contributed by atoms with Crippen molar-refractivity contribution in [2.75, 3.05) is 5.33 Å². The van der Waals surface area contributed by atoms with Gasteiger partial charge < -0.3 is 4.74 Å². The van der Waals surface area contributed by atoms with Gasteiger partial charge >= 0.3 is 5.97 Å². The van der Waals surface area contributed by atoms with Crippen LogP contribution in [0.15, 0.2) is 0 Å². The van der Waals surface area contributed by atoms with E-state index in [-0.39, 0.29) is 34.6 Å². The molecular formula is C23H32Br2O4. The van der Waals surface area contributed by atoms with Crippen LogP contribution in [0.4, 0.5) is 0 Å². The van der Waals surface area contributed by atoms with Crippen molar-refractivity contribution in [1.82, 2.24) is 0 Å². The summed E-state index contributed by atoms with van der Waals surface area (Å²) in [4.78, 5) is 37.9. The molecule has 0 N–H and O–H groups in total. The van der Waals surface area contributed by atoms with E-state index in [1.165, 1.54) is 6.92 Å². The molecule has 162 valence electrons. The number of ether oxygens (including phenoxy) is 1. The van der Waals surface area contributed by atoms with Gasteiger partial charge in [0.15, 0.2) is 5.78 Å². The predicted octanol–water partition coefficient (Wildman–Crippen LogP) is 5.24. The van der Waals surface area contributed by atoms with Gasteiger partial charge in [-0.05, 0) is 73.5 Å². The van der Waals surface area contributed by atoms with Crippen molar-refractivity contribution in [2.24, 2.45) is 34.5 Å². The average molecular weight is 532 g/mol. The molecule has 8 atom stereocenters. The standard InChI is InChI=1S/C23H32Br2O4/c1-13(26)29-15-6-8-21(2)14(10-15)4-5-16-17-7-9-23(25,19(28)12-24)22(17,3)11-18(27)20(16)21/h14-17,20H,4-12H2,1-3H3/t14?,15-,16+,17+,20-,21+,22+,23+/m1/s1. The molecule has 0 spiro atoms. The summed E-state index contributed by atoms with van der Waals surface area (Å²) in [6, 6.07) is 0. The fraction of sp³-hybridized carbons (Fsp3) is 0.870. The highest BCUT2D eigenvalue weighted by Crippen LogP contribution is 2.69. The zero-order valence-electron chi connectivity index (χ0n) is 17.6. The van der Waals surface area contributed by atoms with Crippen LogP contribution in [0.2, 0.25) is 0 Å². The summed E-state index contributed by atoms with van der Waals surface area (Å²) in [5.41, 5.74) is -0.302. The fourth-order valence-electron chi connectivity index (χ4n) is 7.91. The molecule has 0 aromatic rings. The van der Waals surface area contributed by atoms with Gasteiger partial charge in [0.05, 0.1) is 9.65 Å². The Balaban J connectivity index is 1.62. The van der Waals surface area contributed by atoms with Gasteiger partial charge in [0, 0.05) is 19.3 Å². The van der Waals surface area contributed by atoms with Crippen molar-refractivity contribution in [3.8, 4) is 0 Å². The van der Waals surface area contributed by atoms with E-state index in [0.717, 1.165) is 44.9 Å². The number of hydrogen-bond donors (Lipinski definition) is 0. The third-order valence-corrected chi connectivity index (χ3v) is 11.6. The number of rotatable bonds is 3. The molecule has 1 unspecified atom stereocenters. The summed E-state index contributed by atoms with van der Waals surface area (Å²) in [7, 11) is 0. The first-order valence-electron chi connectivity index (χ1n) is 11.0. The Kier molecular flexibility index (Phi) is 5.63. The number of hydrogen-bond acceptors (Lipinski definition) is 4. The van der Waals surface area contributed by atoms with Crippen LogP contribution in [-0.4, -0.2) is 33.3 Å². The van der Waals surface area contributed by atoms with Gasteiger partial charge in [-0.25, -0.2) is 0 Å². The Morgan fingerprint density at radius 3 is 2.52 bits per heavy atom. The lowest BCUT2D eigenvalue weighted by Crippen LogP contribution is -2.60. The normalized spacial score (nSPS) is 49.0. The highest BCUT2D eigenvalue weighted by molar-refractivity contribution is 9.11. The second-order valence-corrected chi connectivity index (χ2v) is 12.4. The summed E-state index contributed by atoms with van der Waals surface area (Å²) in [5, 5.41) is 0.334. The molecule has 4 rings (SSSR count). The number of carbonyl (C=O) groups excluding carboxylic acids is 3. The molecule has 4 saturated carbocycles. The molecular weight excluding hydrogens is 500 g/mol. The van der Waals surface area contributed by atoms with E-state index in [2.05, 4.69) is 45.7 Å². The summed E-state index contributed by atoms with van der Waals surface area (Å²) in [6.45, 7) is 5.98. The number of alkyl halides is 2. The molecule has 29 heavy (non-hydrogen) atoms. The van der Waals surface area contributed by atoms with Gasteiger partial charge in [0.2, 0.25) is 0 Å². The van der Waals surface area contributed by atoms with E-state index in [1.807, 2.05) is 0 Å². The molecule has 4 aliphatic carbocycles. The number of ketones is 2. The molecule has 0 aromatic heterocycles. The second-order valence-electron chi connectivity index (χ2n) is 10.5. The smallest absolute Gasteiger partial charge is 0.302 e. The van der Waals surface area contributed by atoms with Crippen molar-refractivity contribution in [3.05, 3.63) is 0 Å². The van der Waals surface area contributed by atoms with Crippen LogP contribution in [-0.2, 0) is 19.1 Å². The van der Waals surface area contributed by atoms with E-state index in [1.54, 1.807) is 0 Å². The Morgan fingerprint density at radius 1 is 1.14 bits per heavy atom. The maximum absolute atomic E-state index is 13.7. The van der Waals surface area contributed by atoms with Crippen LogP contribution < -0.4 is 0 Å². The Labute approximate surface area is 190 Å². The van der Waals surface area contributed by atoms with Gasteiger partial charge in [-0.15, -0.1) is 0 Å². The van der Waals surface area contributed by atoms with Crippen LogP contribution in [0.25, 0.3) is 0 Å². The van der Waals surface area contributed by atoms with Crippen LogP contribution in [0.5, 0.6) is 0 Å². The molecule has 0 radical (unpaired) electrons. The summed E-state index contributed by atoms with van der Waals surface area (Å²) >= 11 is 7.21. The van der Waals surface area contributed by atoms with Crippen LogP contribution in [0.3, 0.4) is 0 Å². The largest absolute Gasteiger partial charge is 0.463 e. The number of fused-ring (bicyclic) bond motifs is 5. The molecule has 0 saturated heterocycles. The molecule has 4 nitrogen and oxygen atoms in total. The Morgan fingerprint density at radius 2 is 1.86 bits per heavy atom. The van der Waals surface area contributed by atoms with Crippen molar-refractivity contribution in [3.63, 3.8) is 0 Å². The zero-order chi connectivity index (χ0) is 21.2. The second kappa shape index (κ2) is 7.43. The lowest BCUT2D eigenvalue weighted by atomic mass is 9.44. The van der Waals surface area contributed by atoms with Crippen molar-refractivity contribution in [2.45, 2.75) is 82.6 Å². The van der Waals surface area contributed by atoms with Gasteiger partial charge in [0.1, 0.15) is 11.9 Å². The van der Waals surface area contributed by atoms with Crippen LogP contribution >= 0.6 is 31.9 Å². The van der Waals surface area contributed by atoms with Crippen molar-refractivity contribution < 1.29 is 19.1 Å². The van der Waals surface area contributed by atoms with Gasteiger partial charge in [-0.1, -0.05) is 45.7 Å². The van der Waals surface area contributed by atoms with E-state index in [4.69, 9.17) is 4.74 Å². The van der Waals surface area contributed by atoms with Crippen LogP contribution in [0.1, 0.15) is 72.1 Å². The summed E-state index contributed by atoms with van der Waals surface area (Å²) < 4.78 is 4.94. The summed E-state index contributed by atoms with van der Waals surface area (Å²) in [6.07, 6.45) is 7.19. The molecule has 0 amide bonds. The van der Waals surface area contributed by atoms with E-state index in [0.29, 0.717) is 35.3 Å². The molecule has 0 bridgehead atoms. The fourth-order valence-corrected chi connectivity index (χ4v) is 9.57. The van der Waals surface area contributed by atoms with Crippen molar-refractivity contribution >= 4 is 49.4 Å². The average Bonchev–Trinajstić information content (AvgIpc) is 2.92. The highest BCUT2D eigenvalue weighted by atomic mass is 79.9. The lowest BCUT2D eigenvalue weighted by Gasteiger charge is -2.60. The third-order valence-electron chi connectivity index (χ3n) is 9.30. The minimum Gasteiger partial charge on any atom is -0.463 e. The van der Waals surface area contributed by atoms with Gasteiger partial charge in [-0.3, -0.25) is 14.4 Å². The minimum absolute atomic E-state index is 0.00399. The topological polar surface area (TPSA) is 60.4 Å². The molecule has 0 aromatic carbocycles. The van der Waals surface area contributed by atoms with E-state index in [9.17, 15) is 14.4 Å². The first-order chi connectivity index (χ1) is 13.6. The molecule has 4 fully saturated rings. The molecule has 0 aliphatic heterocycles. The number of Topliss-reactive ketones (excluding diaryl/α,β-unsaturated/α-hetero) is 2. The first-order valence-corrected chi connectivity index (χ1v) is 13.0. The molecule has 4 aliphatic rings. The minimum atomic E-state index is -0.584. The molecule has 6 heteroatoms. The quantitative estimate of drug-likeness (QED) is 0.369. The molecule has 0 heterocycles. The SMILES string of the molecule is CC(=O)O[C@@H]1CC[C@@]2(C)C(CC[C@@H]3[C@@H]2C(=O)C[C@@]2(C)[C@H]3CC[C@]2(Br)C(=O)CBr)C1.